The zero-order valence-corrected chi connectivity index (χ0v) is 14.2. The maximum absolute atomic E-state index is 12.2. The lowest BCUT2D eigenvalue weighted by Gasteiger charge is -2.27. The van der Waals surface area contributed by atoms with E-state index in [0.29, 0.717) is 0 Å². The van der Waals surface area contributed by atoms with Crippen LogP contribution < -0.4 is 5.73 Å². The van der Waals surface area contributed by atoms with Gasteiger partial charge in [-0.15, -0.1) is 12.4 Å². The van der Waals surface area contributed by atoms with Crippen LogP contribution in [0, 0.1) is 0 Å². The molecule has 1 aliphatic rings. The average Bonchev–Trinajstić information content (AvgIpc) is 2.85. The van der Waals surface area contributed by atoms with Crippen molar-refractivity contribution in [3.63, 3.8) is 0 Å². The van der Waals surface area contributed by atoms with E-state index in [0.717, 1.165) is 19.4 Å². The Morgan fingerprint density at radius 2 is 1.86 bits per heavy atom. The summed E-state index contributed by atoms with van der Waals surface area (Å²) in [5, 5.41) is 0. The highest BCUT2D eigenvalue weighted by Crippen LogP contribution is 2.33. The van der Waals surface area contributed by atoms with E-state index in [2.05, 4.69) is 45.0 Å². The van der Waals surface area contributed by atoms with Crippen LogP contribution >= 0.6 is 12.4 Å². The maximum Gasteiger partial charge on any atom is 0.239 e. The van der Waals surface area contributed by atoms with Crippen molar-refractivity contribution in [2.24, 2.45) is 5.73 Å². The number of amides is 1. The summed E-state index contributed by atoms with van der Waals surface area (Å²) >= 11 is 0. The third kappa shape index (κ3) is 3.98. The lowest BCUT2D eigenvalue weighted by atomic mass is 9.86. The van der Waals surface area contributed by atoms with Crippen molar-refractivity contribution in [1.82, 2.24) is 4.90 Å². The Hall–Kier alpha value is -1.06. The largest absolute Gasteiger partial charge is 0.334 e. The molecule has 1 unspecified atom stereocenters. The maximum atomic E-state index is 12.2. The Balaban J connectivity index is 0.00000220. The number of nitrogens with two attached hydrogens (primary N) is 1. The molecule has 0 bridgehead atoms. The van der Waals surface area contributed by atoms with Crippen LogP contribution in [0.15, 0.2) is 24.3 Å². The van der Waals surface area contributed by atoms with Crippen molar-refractivity contribution in [3.8, 4) is 0 Å². The van der Waals surface area contributed by atoms with Crippen molar-refractivity contribution in [2.75, 3.05) is 6.54 Å². The molecule has 1 amide bonds. The second-order valence-corrected chi connectivity index (χ2v) is 6.85. The molecule has 1 fully saturated rings. The Morgan fingerprint density at radius 1 is 1.29 bits per heavy atom. The fourth-order valence-electron chi connectivity index (χ4n) is 2.84. The fourth-order valence-corrected chi connectivity index (χ4v) is 2.84. The van der Waals surface area contributed by atoms with Crippen LogP contribution in [0.2, 0.25) is 0 Å². The number of hydrogen-bond acceptors (Lipinski definition) is 2. The van der Waals surface area contributed by atoms with Crippen molar-refractivity contribution >= 4 is 18.3 Å². The summed E-state index contributed by atoms with van der Waals surface area (Å²) in [5.41, 5.74) is 8.46. The van der Waals surface area contributed by atoms with Crippen LogP contribution in [0.25, 0.3) is 0 Å². The Labute approximate surface area is 134 Å². The summed E-state index contributed by atoms with van der Waals surface area (Å²) in [4.78, 5) is 14.1. The first-order valence-corrected chi connectivity index (χ1v) is 7.47. The number of likely N-dealkylation sites (tertiary alicyclic amines) is 1. The fraction of sp³-hybridized carbons (Fsp3) is 0.588. The number of rotatable bonds is 2. The Bertz CT molecular complexity index is 477. The van der Waals surface area contributed by atoms with Gasteiger partial charge >= 0.3 is 0 Å². The van der Waals surface area contributed by atoms with Gasteiger partial charge in [-0.3, -0.25) is 4.79 Å². The molecule has 1 saturated heterocycles. The molecule has 118 valence electrons. The monoisotopic (exact) mass is 310 g/mol. The first kappa shape index (κ1) is 18.0. The second kappa shape index (κ2) is 6.80. The zero-order chi connectivity index (χ0) is 14.9. The van der Waals surface area contributed by atoms with E-state index >= 15 is 0 Å². The van der Waals surface area contributed by atoms with Crippen LogP contribution in [0.5, 0.6) is 0 Å². The van der Waals surface area contributed by atoms with E-state index in [4.69, 9.17) is 5.73 Å². The van der Waals surface area contributed by atoms with Gasteiger partial charge in [0.15, 0.2) is 0 Å². The minimum atomic E-state index is -0.413. The van der Waals surface area contributed by atoms with Crippen LogP contribution in [0.3, 0.4) is 0 Å². The summed E-state index contributed by atoms with van der Waals surface area (Å²) in [7, 11) is 0. The number of carbonyl (C=O) groups is 1. The van der Waals surface area contributed by atoms with E-state index in [1.54, 1.807) is 6.92 Å². The molecule has 0 saturated carbocycles. The van der Waals surface area contributed by atoms with Gasteiger partial charge < -0.3 is 10.6 Å². The highest BCUT2D eigenvalue weighted by Gasteiger charge is 2.31. The number of nitrogens with zero attached hydrogens (tertiary/aromatic N) is 1. The SMILES string of the molecule is C[C@@H](N)C(=O)N1CCCC1c1ccc(C(C)(C)C)cc1.Cl. The smallest absolute Gasteiger partial charge is 0.239 e. The third-order valence-electron chi connectivity index (χ3n) is 4.09. The van der Waals surface area contributed by atoms with Gasteiger partial charge in [-0.1, -0.05) is 45.0 Å². The average molecular weight is 311 g/mol. The highest BCUT2D eigenvalue weighted by atomic mass is 35.5. The first-order valence-electron chi connectivity index (χ1n) is 7.47. The predicted molar refractivity (Wildman–Crippen MR) is 89.7 cm³/mol. The molecule has 0 aromatic heterocycles. The van der Waals surface area contributed by atoms with Gasteiger partial charge in [0.25, 0.3) is 0 Å². The van der Waals surface area contributed by atoms with Gasteiger partial charge in [-0.2, -0.15) is 0 Å². The van der Waals surface area contributed by atoms with E-state index in [1.807, 2.05) is 4.90 Å². The van der Waals surface area contributed by atoms with Crippen LogP contribution in [-0.4, -0.2) is 23.4 Å². The molecule has 3 nitrogen and oxygen atoms in total. The minimum Gasteiger partial charge on any atom is -0.334 e. The summed E-state index contributed by atoms with van der Waals surface area (Å²) in [6.45, 7) is 9.23. The topological polar surface area (TPSA) is 46.3 Å². The third-order valence-corrected chi connectivity index (χ3v) is 4.09. The minimum absolute atomic E-state index is 0. The van der Waals surface area contributed by atoms with E-state index in [-0.39, 0.29) is 29.8 Å². The van der Waals surface area contributed by atoms with Gasteiger partial charge in [0, 0.05) is 6.54 Å². The number of hydrogen-bond donors (Lipinski definition) is 1. The number of carbonyl (C=O) groups excluding carboxylic acids is 1. The molecule has 21 heavy (non-hydrogen) atoms. The molecule has 1 aromatic carbocycles. The number of benzene rings is 1. The van der Waals surface area contributed by atoms with E-state index < -0.39 is 6.04 Å². The molecular formula is C17H27ClN2O. The predicted octanol–water partition coefficient (Wildman–Crippen LogP) is 3.42. The molecule has 1 aromatic rings. The quantitative estimate of drug-likeness (QED) is 0.910. The zero-order valence-electron chi connectivity index (χ0n) is 13.4. The second-order valence-electron chi connectivity index (χ2n) is 6.85. The molecule has 0 radical (unpaired) electrons. The standard InChI is InChI=1S/C17H26N2O.ClH/c1-12(18)16(20)19-11-5-6-15(19)13-7-9-14(10-8-13)17(2,3)4;/h7-10,12,15H,5-6,11,18H2,1-4H3;1H/t12-,15?;/m1./s1. The van der Waals surface area contributed by atoms with Crippen molar-refractivity contribution < 1.29 is 4.79 Å². The summed E-state index contributed by atoms with van der Waals surface area (Å²) in [6.07, 6.45) is 2.09. The molecule has 0 aliphatic carbocycles. The van der Waals surface area contributed by atoms with Crippen LogP contribution in [0.1, 0.15) is 57.7 Å². The Morgan fingerprint density at radius 3 is 2.33 bits per heavy atom. The van der Waals surface area contributed by atoms with Gasteiger partial charge in [-0.05, 0) is 36.3 Å². The van der Waals surface area contributed by atoms with Crippen molar-refractivity contribution in [2.45, 2.75) is 58.0 Å². The molecule has 1 heterocycles. The van der Waals surface area contributed by atoms with Gasteiger partial charge in [0.05, 0.1) is 12.1 Å². The Kier molecular flexibility index (Phi) is 5.83. The van der Waals surface area contributed by atoms with Crippen molar-refractivity contribution in [1.29, 1.82) is 0 Å². The summed E-state index contributed by atoms with van der Waals surface area (Å²) in [5.74, 6) is 0.0624. The lowest BCUT2D eigenvalue weighted by molar-refractivity contribution is -0.133. The van der Waals surface area contributed by atoms with Crippen LogP contribution in [-0.2, 0) is 10.2 Å². The molecule has 2 rings (SSSR count). The number of halogens is 1. The molecule has 0 spiro atoms. The lowest BCUT2D eigenvalue weighted by Crippen LogP contribution is -2.41. The molecule has 2 atom stereocenters. The van der Waals surface area contributed by atoms with Crippen molar-refractivity contribution in [3.05, 3.63) is 35.4 Å². The summed E-state index contributed by atoms with van der Waals surface area (Å²) < 4.78 is 0. The van der Waals surface area contributed by atoms with Gasteiger partial charge in [-0.25, -0.2) is 0 Å². The first-order chi connectivity index (χ1) is 9.30. The summed E-state index contributed by atoms with van der Waals surface area (Å²) in [6, 6.07) is 8.48. The van der Waals surface area contributed by atoms with Gasteiger partial charge in [0.1, 0.15) is 0 Å². The van der Waals surface area contributed by atoms with Crippen LogP contribution in [0.4, 0.5) is 0 Å². The van der Waals surface area contributed by atoms with E-state index in [1.165, 1.54) is 11.1 Å². The molecule has 4 heteroatoms. The van der Waals surface area contributed by atoms with E-state index in [9.17, 15) is 4.79 Å². The molecule has 1 aliphatic heterocycles. The van der Waals surface area contributed by atoms with Gasteiger partial charge in [0.2, 0.25) is 5.91 Å². The highest BCUT2D eigenvalue weighted by molar-refractivity contribution is 5.85. The molecule has 2 N–H and O–H groups in total. The normalized spacial score (nSPS) is 20.0. The molecular weight excluding hydrogens is 284 g/mol.